The van der Waals surface area contributed by atoms with Gasteiger partial charge >= 0.3 is 0 Å². The molecule has 0 saturated heterocycles. The number of aromatic nitrogens is 1. The number of nitrogens with zero attached hydrogens (tertiary/aromatic N) is 1. The highest BCUT2D eigenvalue weighted by Gasteiger charge is 2.33. The lowest BCUT2D eigenvalue weighted by Crippen LogP contribution is -2.30. The Morgan fingerprint density at radius 2 is 2.00 bits per heavy atom. The molecule has 1 aromatic heterocycles. The molecule has 1 amide bonds. The monoisotopic (exact) mass is 302 g/mol. The first-order valence-corrected chi connectivity index (χ1v) is 8.05. The SMILES string of the molecule is O=C(CC1(O)CCCC1)Nc1ccc(-c2nccs2)cc1. The van der Waals surface area contributed by atoms with Gasteiger partial charge in [-0.2, -0.15) is 0 Å². The Balaban J connectivity index is 1.61. The van der Waals surface area contributed by atoms with Crippen molar-refractivity contribution in [1.82, 2.24) is 4.98 Å². The molecule has 1 aliphatic carbocycles. The maximum absolute atomic E-state index is 12.0. The van der Waals surface area contributed by atoms with Crippen molar-refractivity contribution in [3.05, 3.63) is 35.8 Å². The highest BCUT2D eigenvalue weighted by Crippen LogP contribution is 2.32. The molecule has 21 heavy (non-hydrogen) atoms. The van der Waals surface area contributed by atoms with Crippen LogP contribution in [-0.2, 0) is 4.79 Å². The fourth-order valence-electron chi connectivity index (χ4n) is 2.78. The van der Waals surface area contributed by atoms with Gasteiger partial charge in [-0.15, -0.1) is 11.3 Å². The summed E-state index contributed by atoms with van der Waals surface area (Å²) in [5.41, 5.74) is 0.990. The van der Waals surface area contributed by atoms with Gasteiger partial charge in [-0.3, -0.25) is 4.79 Å². The summed E-state index contributed by atoms with van der Waals surface area (Å²) < 4.78 is 0. The molecule has 1 heterocycles. The number of nitrogens with one attached hydrogen (secondary N) is 1. The fourth-order valence-corrected chi connectivity index (χ4v) is 3.42. The lowest BCUT2D eigenvalue weighted by molar-refractivity contribution is -0.120. The van der Waals surface area contributed by atoms with Crippen LogP contribution in [0.2, 0.25) is 0 Å². The highest BCUT2D eigenvalue weighted by atomic mass is 32.1. The standard InChI is InChI=1S/C16H18N2O2S/c19-14(11-16(20)7-1-2-8-16)18-13-5-3-12(4-6-13)15-17-9-10-21-15/h3-6,9-10,20H,1-2,7-8,11H2,(H,18,19). The molecule has 4 nitrogen and oxygen atoms in total. The second-order valence-corrected chi connectivity index (χ2v) is 6.47. The molecule has 0 radical (unpaired) electrons. The maximum atomic E-state index is 12.0. The van der Waals surface area contributed by atoms with Gasteiger partial charge in [0.2, 0.25) is 5.91 Å². The summed E-state index contributed by atoms with van der Waals surface area (Å²) in [7, 11) is 0. The molecule has 0 atom stereocenters. The van der Waals surface area contributed by atoms with Gasteiger partial charge in [0.15, 0.2) is 0 Å². The third kappa shape index (κ3) is 3.49. The molecule has 0 spiro atoms. The van der Waals surface area contributed by atoms with Gasteiger partial charge in [-0.1, -0.05) is 12.8 Å². The zero-order valence-corrected chi connectivity index (χ0v) is 12.5. The van der Waals surface area contributed by atoms with E-state index in [1.807, 2.05) is 29.6 Å². The van der Waals surface area contributed by atoms with Crippen LogP contribution in [0.4, 0.5) is 5.69 Å². The minimum absolute atomic E-state index is 0.124. The van der Waals surface area contributed by atoms with E-state index in [4.69, 9.17) is 0 Å². The van der Waals surface area contributed by atoms with Crippen LogP contribution < -0.4 is 5.32 Å². The third-order valence-electron chi connectivity index (χ3n) is 3.87. The van der Waals surface area contributed by atoms with Crippen molar-refractivity contribution in [2.75, 3.05) is 5.32 Å². The zero-order chi connectivity index (χ0) is 14.7. The molecule has 1 fully saturated rings. The maximum Gasteiger partial charge on any atom is 0.227 e. The van der Waals surface area contributed by atoms with Crippen molar-refractivity contribution < 1.29 is 9.90 Å². The summed E-state index contributed by atoms with van der Waals surface area (Å²) in [5.74, 6) is -0.124. The van der Waals surface area contributed by atoms with Crippen LogP contribution in [0.1, 0.15) is 32.1 Å². The van der Waals surface area contributed by atoms with E-state index in [0.717, 1.165) is 41.9 Å². The Labute approximate surface area is 127 Å². The average molecular weight is 302 g/mol. The number of carbonyl (C=O) groups is 1. The number of aliphatic hydroxyl groups is 1. The van der Waals surface area contributed by atoms with Crippen LogP contribution >= 0.6 is 11.3 Å². The molecular formula is C16H18N2O2S. The van der Waals surface area contributed by atoms with Crippen LogP contribution in [0, 0.1) is 0 Å². The second kappa shape index (κ2) is 5.95. The van der Waals surface area contributed by atoms with Crippen LogP contribution in [0.3, 0.4) is 0 Å². The molecule has 1 aliphatic rings. The number of benzene rings is 1. The predicted octanol–water partition coefficient (Wildman–Crippen LogP) is 3.44. The van der Waals surface area contributed by atoms with E-state index in [9.17, 15) is 9.90 Å². The average Bonchev–Trinajstić information content (AvgIpc) is 3.11. The molecule has 3 rings (SSSR count). The smallest absolute Gasteiger partial charge is 0.227 e. The molecule has 110 valence electrons. The minimum Gasteiger partial charge on any atom is -0.389 e. The first-order chi connectivity index (χ1) is 10.1. The highest BCUT2D eigenvalue weighted by molar-refractivity contribution is 7.13. The van der Waals surface area contributed by atoms with E-state index >= 15 is 0 Å². The van der Waals surface area contributed by atoms with Gasteiger partial charge in [-0.25, -0.2) is 4.98 Å². The van der Waals surface area contributed by atoms with Crippen LogP contribution in [0.25, 0.3) is 10.6 Å². The van der Waals surface area contributed by atoms with Gasteiger partial charge < -0.3 is 10.4 Å². The number of carbonyl (C=O) groups excluding carboxylic acids is 1. The molecule has 0 bridgehead atoms. The zero-order valence-electron chi connectivity index (χ0n) is 11.7. The first kappa shape index (κ1) is 14.2. The van der Waals surface area contributed by atoms with E-state index < -0.39 is 5.60 Å². The van der Waals surface area contributed by atoms with Crippen LogP contribution in [-0.4, -0.2) is 21.6 Å². The van der Waals surface area contributed by atoms with E-state index in [2.05, 4.69) is 10.3 Å². The van der Waals surface area contributed by atoms with E-state index in [1.165, 1.54) is 0 Å². The third-order valence-corrected chi connectivity index (χ3v) is 4.69. The largest absolute Gasteiger partial charge is 0.389 e. The number of anilines is 1. The molecule has 1 saturated carbocycles. The summed E-state index contributed by atoms with van der Waals surface area (Å²) in [5, 5.41) is 16.0. The molecular weight excluding hydrogens is 284 g/mol. The van der Waals surface area contributed by atoms with E-state index in [0.29, 0.717) is 0 Å². The fraction of sp³-hybridized carbons (Fsp3) is 0.375. The summed E-state index contributed by atoms with van der Waals surface area (Å²) in [6.45, 7) is 0. The van der Waals surface area contributed by atoms with Crippen molar-refractivity contribution in [2.45, 2.75) is 37.7 Å². The van der Waals surface area contributed by atoms with Gasteiger partial charge in [-0.05, 0) is 37.1 Å². The molecule has 2 aromatic rings. The first-order valence-electron chi connectivity index (χ1n) is 7.17. The predicted molar refractivity (Wildman–Crippen MR) is 84.2 cm³/mol. The van der Waals surface area contributed by atoms with Crippen molar-refractivity contribution in [1.29, 1.82) is 0 Å². The van der Waals surface area contributed by atoms with Gasteiger partial charge in [0, 0.05) is 22.8 Å². The summed E-state index contributed by atoms with van der Waals surface area (Å²) >= 11 is 1.59. The summed E-state index contributed by atoms with van der Waals surface area (Å²) in [4.78, 5) is 16.3. The number of thiazole rings is 1. The summed E-state index contributed by atoms with van der Waals surface area (Å²) in [6, 6.07) is 7.62. The van der Waals surface area contributed by atoms with Crippen molar-refractivity contribution in [3.8, 4) is 10.6 Å². The summed E-state index contributed by atoms with van der Waals surface area (Å²) in [6.07, 6.45) is 5.42. The number of hydrogen-bond acceptors (Lipinski definition) is 4. The molecule has 0 unspecified atom stereocenters. The Hall–Kier alpha value is -1.72. The van der Waals surface area contributed by atoms with Gasteiger partial charge in [0.25, 0.3) is 0 Å². The van der Waals surface area contributed by atoms with Crippen molar-refractivity contribution in [2.24, 2.45) is 0 Å². The molecule has 0 aliphatic heterocycles. The van der Waals surface area contributed by atoms with Gasteiger partial charge in [0.1, 0.15) is 5.01 Å². The number of amides is 1. The second-order valence-electron chi connectivity index (χ2n) is 5.57. The van der Waals surface area contributed by atoms with Crippen molar-refractivity contribution >= 4 is 22.9 Å². The van der Waals surface area contributed by atoms with Crippen molar-refractivity contribution in [3.63, 3.8) is 0 Å². The van der Waals surface area contributed by atoms with Crippen LogP contribution in [0.5, 0.6) is 0 Å². The Morgan fingerprint density at radius 3 is 2.62 bits per heavy atom. The molecule has 5 heteroatoms. The van der Waals surface area contributed by atoms with Gasteiger partial charge in [0.05, 0.1) is 12.0 Å². The number of rotatable bonds is 4. The Bertz CT molecular complexity index is 602. The van der Waals surface area contributed by atoms with E-state index in [-0.39, 0.29) is 12.3 Å². The number of hydrogen-bond donors (Lipinski definition) is 2. The Kier molecular flexibility index (Phi) is 4.03. The lowest BCUT2D eigenvalue weighted by atomic mass is 9.97. The molecule has 2 N–H and O–H groups in total. The quantitative estimate of drug-likeness (QED) is 0.909. The minimum atomic E-state index is -0.801. The van der Waals surface area contributed by atoms with E-state index in [1.54, 1.807) is 17.5 Å². The topological polar surface area (TPSA) is 62.2 Å². The normalized spacial score (nSPS) is 16.8. The molecule has 1 aromatic carbocycles. The lowest BCUT2D eigenvalue weighted by Gasteiger charge is -2.21. The Morgan fingerprint density at radius 1 is 1.29 bits per heavy atom. The van der Waals surface area contributed by atoms with Crippen LogP contribution in [0.15, 0.2) is 35.8 Å².